The molecule has 1 N–H and O–H groups in total. The fourth-order valence-electron chi connectivity index (χ4n) is 3.47. The standard InChI is InChI=1S/C18H26N2/c1-2-11-19-13-17-12-16-9-5-6-10-18(16)20(17)14-15-7-3-4-8-15/h5-6,9-10,12,15,19H,2-4,7-8,11,13-14H2,1H3. The smallest absolute Gasteiger partial charge is 0.0483 e. The van der Waals surface area contributed by atoms with Gasteiger partial charge in [0.15, 0.2) is 0 Å². The van der Waals surface area contributed by atoms with Crippen LogP contribution in [0.3, 0.4) is 0 Å². The zero-order valence-corrected chi connectivity index (χ0v) is 12.6. The maximum absolute atomic E-state index is 3.56. The fourth-order valence-corrected chi connectivity index (χ4v) is 3.47. The van der Waals surface area contributed by atoms with Crippen LogP contribution in [0.2, 0.25) is 0 Å². The number of benzene rings is 1. The molecule has 2 nitrogen and oxygen atoms in total. The van der Waals surface area contributed by atoms with E-state index < -0.39 is 0 Å². The number of fused-ring (bicyclic) bond motifs is 1. The molecule has 2 heteroatoms. The zero-order chi connectivity index (χ0) is 13.8. The van der Waals surface area contributed by atoms with Crippen LogP contribution in [0.5, 0.6) is 0 Å². The van der Waals surface area contributed by atoms with E-state index in [1.807, 2.05) is 0 Å². The van der Waals surface area contributed by atoms with Crippen LogP contribution in [-0.2, 0) is 13.1 Å². The molecule has 0 spiro atoms. The lowest BCUT2D eigenvalue weighted by Gasteiger charge is -2.16. The van der Waals surface area contributed by atoms with Gasteiger partial charge in [-0.05, 0) is 49.2 Å². The quantitative estimate of drug-likeness (QED) is 0.773. The van der Waals surface area contributed by atoms with E-state index >= 15 is 0 Å². The Balaban J connectivity index is 1.86. The third-order valence-electron chi connectivity index (χ3n) is 4.54. The van der Waals surface area contributed by atoms with Gasteiger partial charge in [0.2, 0.25) is 0 Å². The molecule has 1 fully saturated rings. The minimum absolute atomic E-state index is 0.885. The van der Waals surface area contributed by atoms with Crippen molar-refractivity contribution in [2.45, 2.75) is 52.1 Å². The third-order valence-corrected chi connectivity index (χ3v) is 4.54. The largest absolute Gasteiger partial charge is 0.343 e. The first kappa shape index (κ1) is 13.7. The van der Waals surface area contributed by atoms with Gasteiger partial charge in [-0.2, -0.15) is 0 Å². The molecular formula is C18H26N2. The normalized spacial score (nSPS) is 16.2. The van der Waals surface area contributed by atoms with Gasteiger partial charge in [0.05, 0.1) is 0 Å². The second kappa shape index (κ2) is 6.45. The molecule has 1 aromatic heterocycles. The Bertz CT molecular complexity index is 550. The van der Waals surface area contributed by atoms with Gasteiger partial charge in [-0.25, -0.2) is 0 Å². The van der Waals surface area contributed by atoms with Crippen LogP contribution in [0.25, 0.3) is 10.9 Å². The van der Waals surface area contributed by atoms with Crippen molar-refractivity contribution < 1.29 is 0 Å². The van der Waals surface area contributed by atoms with E-state index in [4.69, 9.17) is 0 Å². The van der Waals surface area contributed by atoms with Crippen molar-refractivity contribution >= 4 is 10.9 Å². The van der Waals surface area contributed by atoms with E-state index in [1.54, 1.807) is 0 Å². The summed E-state index contributed by atoms with van der Waals surface area (Å²) in [5.41, 5.74) is 2.86. The molecule has 1 aliphatic rings. The molecule has 20 heavy (non-hydrogen) atoms. The Morgan fingerprint density at radius 1 is 1.20 bits per heavy atom. The van der Waals surface area contributed by atoms with E-state index in [2.05, 4.69) is 47.1 Å². The number of rotatable bonds is 6. The van der Waals surface area contributed by atoms with Crippen molar-refractivity contribution in [1.82, 2.24) is 9.88 Å². The van der Waals surface area contributed by atoms with E-state index in [0.717, 1.165) is 19.0 Å². The molecule has 1 aliphatic carbocycles. The summed E-state index contributed by atoms with van der Waals surface area (Å²) in [5, 5.41) is 4.94. The molecule has 0 saturated heterocycles. The summed E-state index contributed by atoms with van der Waals surface area (Å²) >= 11 is 0. The average molecular weight is 270 g/mol. The highest BCUT2D eigenvalue weighted by Crippen LogP contribution is 2.29. The van der Waals surface area contributed by atoms with Gasteiger partial charge in [0, 0.05) is 24.3 Å². The van der Waals surface area contributed by atoms with Gasteiger partial charge in [0.1, 0.15) is 0 Å². The first-order valence-corrected chi connectivity index (χ1v) is 8.16. The molecule has 0 aliphatic heterocycles. The predicted molar refractivity (Wildman–Crippen MR) is 85.9 cm³/mol. The summed E-state index contributed by atoms with van der Waals surface area (Å²) < 4.78 is 2.56. The number of para-hydroxylation sites is 1. The van der Waals surface area contributed by atoms with Gasteiger partial charge in [-0.1, -0.05) is 38.0 Å². The van der Waals surface area contributed by atoms with E-state index in [-0.39, 0.29) is 0 Å². The Hall–Kier alpha value is -1.28. The second-order valence-corrected chi connectivity index (χ2v) is 6.13. The number of hydrogen-bond acceptors (Lipinski definition) is 1. The van der Waals surface area contributed by atoms with Crippen molar-refractivity contribution in [2.75, 3.05) is 6.54 Å². The minimum Gasteiger partial charge on any atom is -0.343 e. The Morgan fingerprint density at radius 3 is 2.80 bits per heavy atom. The van der Waals surface area contributed by atoms with Crippen molar-refractivity contribution in [2.24, 2.45) is 5.92 Å². The summed E-state index contributed by atoms with van der Waals surface area (Å²) in [5.74, 6) is 0.885. The molecule has 0 amide bonds. The van der Waals surface area contributed by atoms with Gasteiger partial charge in [-0.3, -0.25) is 0 Å². The topological polar surface area (TPSA) is 17.0 Å². The highest BCUT2D eigenvalue weighted by Gasteiger charge is 2.18. The SMILES string of the molecule is CCCNCc1cc2ccccc2n1CC1CCCC1. The Labute approximate surface area is 122 Å². The number of nitrogens with one attached hydrogen (secondary N) is 1. The van der Waals surface area contributed by atoms with E-state index in [9.17, 15) is 0 Å². The molecule has 2 aromatic rings. The van der Waals surface area contributed by atoms with Crippen LogP contribution >= 0.6 is 0 Å². The third kappa shape index (κ3) is 2.90. The molecule has 3 rings (SSSR count). The lowest BCUT2D eigenvalue weighted by molar-refractivity contribution is 0.453. The van der Waals surface area contributed by atoms with Crippen LogP contribution in [-0.4, -0.2) is 11.1 Å². The van der Waals surface area contributed by atoms with Gasteiger partial charge in [-0.15, -0.1) is 0 Å². The summed E-state index contributed by atoms with van der Waals surface area (Å²) in [7, 11) is 0. The summed E-state index contributed by atoms with van der Waals surface area (Å²) in [6, 6.07) is 11.2. The molecular weight excluding hydrogens is 244 g/mol. The van der Waals surface area contributed by atoms with Crippen molar-refractivity contribution in [3.05, 3.63) is 36.0 Å². The second-order valence-electron chi connectivity index (χ2n) is 6.13. The summed E-state index contributed by atoms with van der Waals surface area (Å²) in [6.45, 7) is 5.53. The van der Waals surface area contributed by atoms with Crippen molar-refractivity contribution in [3.63, 3.8) is 0 Å². The lowest BCUT2D eigenvalue weighted by atomic mass is 10.1. The van der Waals surface area contributed by atoms with Crippen LogP contribution in [0.15, 0.2) is 30.3 Å². The van der Waals surface area contributed by atoms with Gasteiger partial charge >= 0.3 is 0 Å². The number of aromatic nitrogens is 1. The van der Waals surface area contributed by atoms with Gasteiger partial charge in [0.25, 0.3) is 0 Å². The highest BCUT2D eigenvalue weighted by atomic mass is 15.0. The molecule has 0 atom stereocenters. The van der Waals surface area contributed by atoms with E-state index in [1.165, 1.54) is 55.2 Å². The molecule has 1 aromatic carbocycles. The minimum atomic E-state index is 0.885. The molecule has 1 heterocycles. The maximum Gasteiger partial charge on any atom is 0.0483 e. The number of hydrogen-bond donors (Lipinski definition) is 1. The average Bonchev–Trinajstić information content (AvgIpc) is 3.09. The van der Waals surface area contributed by atoms with Gasteiger partial charge < -0.3 is 9.88 Å². The summed E-state index contributed by atoms with van der Waals surface area (Å²) in [6.07, 6.45) is 6.87. The Morgan fingerprint density at radius 2 is 2.00 bits per heavy atom. The molecule has 1 saturated carbocycles. The first-order chi connectivity index (χ1) is 9.88. The van der Waals surface area contributed by atoms with Crippen molar-refractivity contribution in [1.29, 1.82) is 0 Å². The lowest BCUT2D eigenvalue weighted by Crippen LogP contribution is -2.18. The molecule has 0 bridgehead atoms. The van der Waals surface area contributed by atoms with Crippen LogP contribution in [0.4, 0.5) is 0 Å². The van der Waals surface area contributed by atoms with Crippen LogP contribution < -0.4 is 5.32 Å². The predicted octanol–water partition coefficient (Wildman–Crippen LogP) is 4.33. The van der Waals surface area contributed by atoms with E-state index in [0.29, 0.717) is 0 Å². The number of nitrogens with zero attached hydrogens (tertiary/aromatic N) is 1. The molecule has 108 valence electrons. The zero-order valence-electron chi connectivity index (χ0n) is 12.6. The van der Waals surface area contributed by atoms with Crippen molar-refractivity contribution in [3.8, 4) is 0 Å². The van der Waals surface area contributed by atoms with Crippen LogP contribution in [0.1, 0.15) is 44.7 Å². The molecule has 0 unspecified atom stereocenters. The highest BCUT2D eigenvalue weighted by molar-refractivity contribution is 5.81. The summed E-state index contributed by atoms with van der Waals surface area (Å²) in [4.78, 5) is 0. The fraction of sp³-hybridized carbons (Fsp3) is 0.556. The first-order valence-electron chi connectivity index (χ1n) is 8.16. The molecule has 0 radical (unpaired) electrons. The Kier molecular flexibility index (Phi) is 4.41. The maximum atomic E-state index is 3.56. The monoisotopic (exact) mass is 270 g/mol. The van der Waals surface area contributed by atoms with Crippen LogP contribution in [0, 0.1) is 5.92 Å².